The first-order valence-electron chi connectivity index (χ1n) is 6.70. The molecule has 100 valence electrons. The van der Waals surface area contributed by atoms with Crippen LogP contribution in [0.4, 0.5) is 5.82 Å². The summed E-state index contributed by atoms with van der Waals surface area (Å²) in [5.41, 5.74) is 6.65. The van der Waals surface area contributed by atoms with Gasteiger partial charge in [-0.05, 0) is 45.8 Å². The number of thioether (sulfide) groups is 1. The zero-order valence-electron chi connectivity index (χ0n) is 11.1. The third-order valence-electron chi connectivity index (χ3n) is 3.15. The van der Waals surface area contributed by atoms with Crippen LogP contribution in [0, 0.1) is 6.92 Å². The van der Waals surface area contributed by atoms with Gasteiger partial charge < -0.3 is 10.6 Å². The molecule has 18 heavy (non-hydrogen) atoms. The number of hydrogen-bond donors (Lipinski definition) is 1. The molecule has 4 nitrogen and oxygen atoms in total. The Morgan fingerprint density at radius 3 is 2.78 bits per heavy atom. The second-order valence-electron chi connectivity index (χ2n) is 4.82. The molecule has 0 aromatic carbocycles. The topological polar surface area (TPSA) is 55.0 Å². The fourth-order valence-electron chi connectivity index (χ4n) is 2.26. The van der Waals surface area contributed by atoms with Crippen LogP contribution < -0.4 is 5.73 Å². The maximum absolute atomic E-state index is 5.71. The second-order valence-corrected chi connectivity index (χ2v) is 5.88. The summed E-state index contributed by atoms with van der Waals surface area (Å²) >= 11 is 1.71. The Labute approximate surface area is 113 Å². The molecular formula is C13H22N4S. The molecule has 1 saturated heterocycles. The Bertz CT molecular complexity index is 357. The summed E-state index contributed by atoms with van der Waals surface area (Å²) in [6.45, 7) is 5.71. The number of nitrogens with zero attached hydrogens (tertiary/aromatic N) is 3. The quantitative estimate of drug-likeness (QED) is 0.503. The van der Waals surface area contributed by atoms with Gasteiger partial charge in [0.1, 0.15) is 5.82 Å². The highest BCUT2D eigenvalue weighted by Gasteiger charge is 2.09. The highest BCUT2D eigenvalue weighted by atomic mass is 32.2. The molecule has 2 rings (SSSR count). The van der Waals surface area contributed by atoms with Crippen molar-refractivity contribution in [2.45, 2.75) is 37.8 Å². The molecular weight excluding hydrogens is 244 g/mol. The molecule has 1 fully saturated rings. The normalized spacial score (nSPS) is 16.9. The average Bonchev–Trinajstić information content (AvgIpc) is 2.35. The zero-order chi connectivity index (χ0) is 12.8. The van der Waals surface area contributed by atoms with Crippen molar-refractivity contribution in [1.82, 2.24) is 14.9 Å². The van der Waals surface area contributed by atoms with Crippen molar-refractivity contribution in [1.29, 1.82) is 0 Å². The van der Waals surface area contributed by atoms with E-state index in [1.165, 1.54) is 45.3 Å². The molecule has 0 bridgehead atoms. The molecule has 5 heteroatoms. The lowest BCUT2D eigenvalue weighted by atomic mass is 10.1. The zero-order valence-corrected chi connectivity index (χ0v) is 11.9. The largest absolute Gasteiger partial charge is 0.384 e. The van der Waals surface area contributed by atoms with E-state index < -0.39 is 0 Å². The number of anilines is 1. The van der Waals surface area contributed by atoms with Crippen LogP contribution in [-0.4, -0.2) is 40.3 Å². The van der Waals surface area contributed by atoms with Crippen LogP contribution in [0.25, 0.3) is 0 Å². The van der Waals surface area contributed by atoms with Crippen LogP contribution in [0.2, 0.25) is 0 Å². The summed E-state index contributed by atoms with van der Waals surface area (Å²) in [6, 6.07) is 1.80. The van der Waals surface area contributed by atoms with Crippen LogP contribution in [0.1, 0.15) is 31.4 Å². The van der Waals surface area contributed by atoms with Gasteiger partial charge in [0.25, 0.3) is 0 Å². The number of nitrogens with two attached hydrogens (primary N) is 1. The van der Waals surface area contributed by atoms with Gasteiger partial charge >= 0.3 is 0 Å². The van der Waals surface area contributed by atoms with Crippen molar-refractivity contribution in [2.24, 2.45) is 0 Å². The number of likely N-dealkylation sites (tertiary alicyclic amines) is 1. The summed E-state index contributed by atoms with van der Waals surface area (Å²) in [5, 5.41) is 0.811. The van der Waals surface area contributed by atoms with E-state index in [-0.39, 0.29) is 0 Å². The third-order valence-corrected chi connectivity index (χ3v) is 4.09. The summed E-state index contributed by atoms with van der Waals surface area (Å²) in [6.07, 6.45) is 5.33. The van der Waals surface area contributed by atoms with Crippen LogP contribution in [0.3, 0.4) is 0 Å². The van der Waals surface area contributed by atoms with Crippen molar-refractivity contribution < 1.29 is 0 Å². The number of aromatic nitrogens is 2. The van der Waals surface area contributed by atoms with Crippen molar-refractivity contribution in [2.75, 3.05) is 31.1 Å². The van der Waals surface area contributed by atoms with E-state index >= 15 is 0 Å². The minimum atomic E-state index is 0.570. The van der Waals surface area contributed by atoms with Crippen LogP contribution >= 0.6 is 11.8 Å². The van der Waals surface area contributed by atoms with Crippen molar-refractivity contribution in [3.8, 4) is 0 Å². The molecule has 1 aliphatic heterocycles. The summed E-state index contributed by atoms with van der Waals surface area (Å²) in [4.78, 5) is 11.2. The highest BCUT2D eigenvalue weighted by molar-refractivity contribution is 7.99. The van der Waals surface area contributed by atoms with Gasteiger partial charge in [0.05, 0.1) is 0 Å². The lowest BCUT2D eigenvalue weighted by molar-refractivity contribution is 0.230. The first kappa shape index (κ1) is 13.6. The molecule has 0 aliphatic carbocycles. The average molecular weight is 266 g/mol. The molecule has 1 aromatic rings. The van der Waals surface area contributed by atoms with E-state index in [1.54, 1.807) is 17.8 Å². The van der Waals surface area contributed by atoms with Gasteiger partial charge in [-0.25, -0.2) is 9.97 Å². The van der Waals surface area contributed by atoms with Crippen molar-refractivity contribution in [3.05, 3.63) is 11.8 Å². The fourth-order valence-corrected chi connectivity index (χ4v) is 3.10. The fraction of sp³-hybridized carbons (Fsp3) is 0.692. The van der Waals surface area contributed by atoms with E-state index in [1.807, 2.05) is 6.92 Å². The Hall–Kier alpha value is -0.810. The predicted molar refractivity (Wildman–Crippen MR) is 76.8 cm³/mol. The Balaban J connectivity index is 1.68. The Kier molecular flexibility index (Phi) is 5.26. The number of rotatable bonds is 5. The summed E-state index contributed by atoms with van der Waals surface area (Å²) in [5.74, 6) is 1.64. The van der Waals surface area contributed by atoms with Gasteiger partial charge in [0, 0.05) is 17.5 Å². The maximum atomic E-state index is 5.71. The molecule has 2 heterocycles. The standard InChI is InChI=1S/C13H22N4S/c1-11-10-12(14)16-13(15-11)18-9-5-8-17-6-3-2-4-7-17/h10H,2-9H2,1H3,(H2,14,15,16). The predicted octanol–water partition coefficient (Wildman–Crippen LogP) is 2.34. The molecule has 0 spiro atoms. The van der Waals surface area contributed by atoms with E-state index in [2.05, 4.69) is 14.9 Å². The van der Waals surface area contributed by atoms with Gasteiger partial charge in [-0.15, -0.1) is 0 Å². The smallest absolute Gasteiger partial charge is 0.189 e. The van der Waals surface area contributed by atoms with Crippen LogP contribution in [0.15, 0.2) is 11.2 Å². The molecule has 1 aromatic heterocycles. The van der Waals surface area contributed by atoms with Crippen LogP contribution in [0.5, 0.6) is 0 Å². The lowest BCUT2D eigenvalue weighted by Gasteiger charge is -2.26. The minimum Gasteiger partial charge on any atom is -0.384 e. The molecule has 1 aliphatic rings. The monoisotopic (exact) mass is 266 g/mol. The summed E-state index contributed by atoms with van der Waals surface area (Å²) < 4.78 is 0. The van der Waals surface area contributed by atoms with E-state index in [9.17, 15) is 0 Å². The van der Waals surface area contributed by atoms with Gasteiger partial charge in [-0.3, -0.25) is 0 Å². The molecule has 0 atom stereocenters. The van der Waals surface area contributed by atoms with Gasteiger partial charge in [0.15, 0.2) is 5.16 Å². The third kappa shape index (κ3) is 4.46. The Morgan fingerprint density at radius 2 is 2.06 bits per heavy atom. The number of hydrogen-bond acceptors (Lipinski definition) is 5. The van der Waals surface area contributed by atoms with Gasteiger partial charge in [-0.2, -0.15) is 0 Å². The SMILES string of the molecule is Cc1cc(N)nc(SCCCN2CCCCC2)n1. The second kappa shape index (κ2) is 6.95. The Morgan fingerprint density at radius 1 is 1.28 bits per heavy atom. The number of nitrogen functional groups attached to an aromatic ring is 1. The first-order valence-corrected chi connectivity index (χ1v) is 7.69. The molecule has 0 unspecified atom stereocenters. The van der Waals surface area contributed by atoms with Crippen molar-refractivity contribution >= 4 is 17.6 Å². The number of aryl methyl sites for hydroxylation is 1. The van der Waals surface area contributed by atoms with Gasteiger partial charge in [0.2, 0.25) is 0 Å². The summed E-state index contributed by atoms with van der Waals surface area (Å²) in [7, 11) is 0. The van der Waals surface area contributed by atoms with Crippen molar-refractivity contribution in [3.63, 3.8) is 0 Å². The van der Waals surface area contributed by atoms with E-state index in [4.69, 9.17) is 5.73 Å². The van der Waals surface area contributed by atoms with E-state index in [0.717, 1.165) is 16.6 Å². The minimum absolute atomic E-state index is 0.570. The highest BCUT2D eigenvalue weighted by Crippen LogP contribution is 2.17. The molecule has 0 amide bonds. The van der Waals surface area contributed by atoms with Gasteiger partial charge in [-0.1, -0.05) is 18.2 Å². The van der Waals surface area contributed by atoms with E-state index in [0.29, 0.717) is 5.82 Å². The maximum Gasteiger partial charge on any atom is 0.189 e. The first-order chi connectivity index (χ1) is 8.74. The molecule has 0 radical (unpaired) electrons. The molecule has 2 N–H and O–H groups in total. The lowest BCUT2D eigenvalue weighted by Crippen LogP contribution is -2.30. The van der Waals surface area contributed by atoms with Crippen LogP contribution in [-0.2, 0) is 0 Å². The molecule has 0 saturated carbocycles. The number of piperidine rings is 1.